The number of aliphatic hydroxyl groups excluding tert-OH is 1. The fraction of sp³-hybridized carbons (Fsp3) is 0.294. The van der Waals surface area contributed by atoms with Crippen LogP contribution in [0.3, 0.4) is 0 Å². The summed E-state index contributed by atoms with van der Waals surface area (Å²) in [6.07, 6.45) is 0.762. The topological polar surface area (TPSA) is 53.4 Å². The SMILES string of the molecule is Cc1cccc(C(=O)N(CCO)CCc2ccccc2)n1. The Balaban J connectivity index is 2.06. The van der Waals surface area contributed by atoms with Gasteiger partial charge in [-0.15, -0.1) is 0 Å². The molecule has 0 atom stereocenters. The summed E-state index contributed by atoms with van der Waals surface area (Å²) in [5.74, 6) is -0.135. The van der Waals surface area contributed by atoms with Crippen molar-refractivity contribution in [3.05, 3.63) is 65.5 Å². The van der Waals surface area contributed by atoms with Crippen LogP contribution in [-0.2, 0) is 6.42 Å². The average molecular weight is 284 g/mol. The fourth-order valence-corrected chi connectivity index (χ4v) is 2.17. The van der Waals surface area contributed by atoms with Gasteiger partial charge in [0.15, 0.2) is 0 Å². The van der Waals surface area contributed by atoms with Gasteiger partial charge in [0.2, 0.25) is 0 Å². The number of aliphatic hydroxyl groups is 1. The lowest BCUT2D eigenvalue weighted by Crippen LogP contribution is -2.35. The number of carbonyl (C=O) groups excluding carboxylic acids is 1. The molecule has 0 fully saturated rings. The molecule has 4 heteroatoms. The van der Waals surface area contributed by atoms with E-state index in [2.05, 4.69) is 4.98 Å². The zero-order chi connectivity index (χ0) is 15.1. The standard InChI is InChI=1S/C17H20N2O2/c1-14-6-5-9-16(18-14)17(21)19(12-13-20)11-10-15-7-3-2-4-8-15/h2-9,20H,10-13H2,1H3. The molecule has 0 spiro atoms. The minimum Gasteiger partial charge on any atom is -0.395 e. The van der Waals surface area contributed by atoms with Crippen molar-refractivity contribution >= 4 is 5.91 Å². The molecule has 0 aliphatic rings. The number of carbonyl (C=O) groups is 1. The zero-order valence-corrected chi connectivity index (χ0v) is 12.2. The predicted octanol–water partition coefficient (Wildman–Crippen LogP) is 2.07. The Labute approximate surface area is 125 Å². The van der Waals surface area contributed by atoms with Gasteiger partial charge in [-0.2, -0.15) is 0 Å². The Bertz CT molecular complexity index is 584. The van der Waals surface area contributed by atoms with Crippen molar-refractivity contribution in [2.24, 2.45) is 0 Å². The summed E-state index contributed by atoms with van der Waals surface area (Å²) in [5, 5.41) is 9.17. The van der Waals surface area contributed by atoms with Gasteiger partial charge in [0.05, 0.1) is 6.61 Å². The van der Waals surface area contributed by atoms with Gasteiger partial charge in [0.1, 0.15) is 5.69 Å². The van der Waals surface area contributed by atoms with Crippen LogP contribution >= 0.6 is 0 Å². The molecule has 1 heterocycles. The van der Waals surface area contributed by atoms with Crippen molar-refractivity contribution in [2.75, 3.05) is 19.7 Å². The second-order valence-corrected chi connectivity index (χ2v) is 4.92. The van der Waals surface area contributed by atoms with E-state index in [0.29, 0.717) is 18.8 Å². The molecule has 2 rings (SSSR count). The molecular weight excluding hydrogens is 264 g/mol. The Morgan fingerprint density at radius 1 is 1.10 bits per heavy atom. The number of amides is 1. The number of rotatable bonds is 6. The van der Waals surface area contributed by atoms with Crippen LogP contribution in [0.25, 0.3) is 0 Å². The van der Waals surface area contributed by atoms with E-state index in [9.17, 15) is 4.79 Å². The van der Waals surface area contributed by atoms with E-state index in [1.54, 1.807) is 11.0 Å². The van der Waals surface area contributed by atoms with Crippen LogP contribution < -0.4 is 0 Å². The normalized spacial score (nSPS) is 10.4. The molecule has 0 saturated heterocycles. The maximum atomic E-state index is 12.5. The predicted molar refractivity (Wildman–Crippen MR) is 82.1 cm³/mol. The van der Waals surface area contributed by atoms with Gasteiger partial charge in [-0.25, -0.2) is 4.98 Å². The van der Waals surface area contributed by atoms with E-state index in [1.165, 1.54) is 5.56 Å². The van der Waals surface area contributed by atoms with Crippen LogP contribution in [0.15, 0.2) is 48.5 Å². The quantitative estimate of drug-likeness (QED) is 0.883. The lowest BCUT2D eigenvalue weighted by molar-refractivity contribution is 0.0718. The third kappa shape index (κ3) is 4.39. The second-order valence-electron chi connectivity index (χ2n) is 4.92. The number of nitrogens with zero attached hydrogens (tertiary/aromatic N) is 2. The van der Waals surface area contributed by atoms with Crippen molar-refractivity contribution in [3.8, 4) is 0 Å². The summed E-state index contributed by atoms with van der Waals surface area (Å²) in [5.41, 5.74) is 2.41. The fourth-order valence-electron chi connectivity index (χ4n) is 2.17. The maximum Gasteiger partial charge on any atom is 0.272 e. The molecule has 0 radical (unpaired) electrons. The van der Waals surface area contributed by atoms with Crippen LogP contribution in [-0.4, -0.2) is 40.6 Å². The van der Waals surface area contributed by atoms with E-state index < -0.39 is 0 Å². The summed E-state index contributed by atoms with van der Waals surface area (Å²) < 4.78 is 0. The molecule has 1 aromatic heterocycles. The molecule has 0 aliphatic heterocycles. The second kappa shape index (κ2) is 7.55. The molecule has 1 aromatic carbocycles. The van der Waals surface area contributed by atoms with E-state index in [4.69, 9.17) is 5.11 Å². The minimum atomic E-state index is -0.135. The molecule has 110 valence electrons. The highest BCUT2D eigenvalue weighted by Gasteiger charge is 2.16. The van der Waals surface area contributed by atoms with Gasteiger partial charge in [0.25, 0.3) is 5.91 Å². The monoisotopic (exact) mass is 284 g/mol. The van der Waals surface area contributed by atoms with E-state index in [0.717, 1.165) is 12.1 Å². The third-order valence-corrected chi connectivity index (χ3v) is 3.28. The van der Waals surface area contributed by atoms with Gasteiger partial charge in [-0.3, -0.25) is 4.79 Å². The lowest BCUT2D eigenvalue weighted by atomic mass is 10.1. The Hall–Kier alpha value is -2.20. The largest absolute Gasteiger partial charge is 0.395 e. The van der Waals surface area contributed by atoms with Gasteiger partial charge in [0, 0.05) is 18.8 Å². The first-order valence-corrected chi connectivity index (χ1v) is 7.08. The molecular formula is C17H20N2O2. The molecule has 2 aromatic rings. The van der Waals surface area contributed by atoms with Crippen molar-refractivity contribution in [3.63, 3.8) is 0 Å². The first-order chi connectivity index (χ1) is 10.2. The third-order valence-electron chi connectivity index (χ3n) is 3.28. The van der Waals surface area contributed by atoms with E-state index in [-0.39, 0.29) is 12.5 Å². The lowest BCUT2D eigenvalue weighted by Gasteiger charge is -2.21. The smallest absolute Gasteiger partial charge is 0.272 e. The highest BCUT2D eigenvalue weighted by molar-refractivity contribution is 5.92. The minimum absolute atomic E-state index is 0.0493. The molecule has 0 unspecified atom stereocenters. The van der Waals surface area contributed by atoms with Crippen molar-refractivity contribution < 1.29 is 9.90 Å². The number of hydrogen-bond acceptors (Lipinski definition) is 3. The average Bonchev–Trinajstić information content (AvgIpc) is 2.52. The first-order valence-electron chi connectivity index (χ1n) is 7.08. The van der Waals surface area contributed by atoms with Gasteiger partial charge in [-0.05, 0) is 31.0 Å². The molecule has 0 saturated carbocycles. The number of benzene rings is 1. The molecule has 1 amide bonds. The van der Waals surface area contributed by atoms with Crippen LogP contribution in [0, 0.1) is 6.92 Å². The number of aromatic nitrogens is 1. The Morgan fingerprint density at radius 2 is 1.86 bits per heavy atom. The van der Waals surface area contributed by atoms with Gasteiger partial charge < -0.3 is 10.0 Å². The van der Waals surface area contributed by atoms with Crippen LogP contribution in [0.1, 0.15) is 21.7 Å². The summed E-state index contributed by atoms with van der Waals surface area (Å²) >= 11 is 0. The molecule has 0 aliphatic carbocycles. The highest BCUT2D eigenvalue weighted by atomic mass is 16.3. The van der Waals surface area contributed by atoms with Gasteiger partial charge >= 0.3 is 0 Å². The maximum absolute atomic E-state index is 12.5. The summed E-state index contributed by atoms with van der Waals surface area (Å²) in [6.45, 7) is 2.70. The highest BCUT2D eigenvalue weighted by Crippen LogP contribution is 2.06. The molecule has 21 heavy (non-hydrogen) atoms. The Kier molecular flexibility index (Phi) is 5.46. The molecule has 1 N–H and O–H groups in total. The van der Waals surface area contributed by atoms with Crippen LogP contribution in [0.2, 0.25) is 0 Å². The summed E-state index contributed by atoms with van der Waals surface area (Å²) in [6, 6.07) is 15.4. The van der Waals surface area contributed by atoms with Crippen LogP contribution in [0.5, 0.6) is 0 Å². The van der Waals surface area contributed by atoms with Crippen molar-refractivity contribution in [2.45, 2.75) is 13.3 Å². The Morgan fingerprint density at radius 3 is 2.52 bits per heavy atom. The van der Waals surface area contributed by atoms with E-state index in [1.807, 2.05) is 49.4 Å². The number of aryl methyl sites for hydroxylation is 1. The number of hydrogen-bond donors (Lipinski definition) is 1. The first kappa shape index (κ1) is 15.2. The molecule has 4 nitrogen and oxygen atoms in total. The van der Waals surface area contributed by atoms with Gasteiger partial charge in [-0.1, -0.05) is 36.4 Å². The van der Waals surface area contributed by atoms with E-state index >= 15 is 0 Å². The van der Waals surface area contributed by atoms with Crippen molar-refractivity contribution in [1.82, 2.24) is 9.88 Å². The summed E-state index contributed by atoms with van der Waals surface area (Å²) in [4.78, 5) is 18.4. The molecule has 0 bridgehead atoms. The number of pyridine rings is 1. The van der Waals surface area contributed by atoms with Crippen LogP contribution in [0.4, 0.5) is 0 Å². The summed E-state index contributed by atoms with van der Waals surface area (Å²) in [7, 11) is 0. The zero-order valence-electron chi connectivity index (χ0n) is 12.2. The van der Waals surface area contributed by atoms with Crippen molar-refractivity contribution in [1.29, 1.82) is 0 Å².